The van der Waals surface area contributed by atoms with Crippen LogP contribution in [0.3, 0.4) is 0 Å². The summed E-state index contributed by atoms with van der Waals surface area (Å²) in [4.78, 5) is 4.56. The van der Waals surface area contributed by atoms with Gasteiger partial charge in [0.1, 0.15) is 0 Å². The molecule has 1 N–H and O–H groups in total. The first-order valence-corrected chi connectivity index (χ1v) is 10.1. The maximum absolute atomic E-state index is 12.5. The fourth-order valence-corrected chi connectivity index (χ4v) is 5.49. The van der Waals surface area contributed by atoms with Crippen LogP contribution in [0.4, 0.5) is 0 Å². The predicted octanol–water partition coefficient (Wildman–Crippen LogP) is 4.08. The van der Waals surface area contributed by atoms with Crippen LogP contribution in [0.2, 0.25) is 0 Å². The standard InChI is InChI=1S/C16H12BrIN2O2S/c17-12-5-6-16(14(18)9-12)23(21,22)20-10-11-7-8-19-15-4-2-1-3-13(11)15/h1-9,20H,10H2. The van der Waals surface area contributed by atoms with E-state index in [-0.39, 0.29) is 11.4 Å². The van der Waals surface area contributed by atoms with E-state index in [0.717, 1.165) is 20.9 Å². The van der Waals surface area contributed by atoms with Crippen LogP contribution in [0.15, 0.2) is 64.1 Å². The summed E-state index contributed by atoms with van der Waals surface area (Å²) in [6.07, 6.45) is 1.69. The minimum absolute atomic E-state index is 0.220. The molecule has 7 heteroatoms. The lowest BCUT2D eigenvalue weighted by molar-refractivity contribution is 0.581. The van der Waals surface area contributed by atoms with Gasteiger partial charge < -0.3 is 0 Å². The van der Waals surface area contributed by atoms with Gasteiger partial charge in [-0.3, -0.25) is 4.98 Å². The molecule has 0 bridgehead atoms. The molecule has 3 aromatic rings. The molecule has 23 heavy (non-hydrogen) atoms. The summed E-state index contributed by atoms with van der Waals surface area (Å²) in [5.74, 6) is 0. The third-order valence-corrected chi connectivity index (χ3v) is 6.59. The molecule has 0 aliphatic rings. The monoisotopic (exact) mass is 502 g/mol. The van der Waals surface area contributed by atoms with Crippen LogP contribution in [0.25, 0.3) is 10.9 Å². The van der Waals surface area contributed by atoms with Crippen LogP contribution in [0.1, 0.15) is 5.56 Å². The highest BCUT2D eigenvalue weighted by molar-refractivity contribution is 14.1. The van der Waals surface area contributed by atoms with Gasteiger partial charge in [-0.2, -0.15) is 0 Å². The zero-order valence-corrected chi connectivity index (χ0v) is 16.4. The normalized spacial score (nSPS) is 11.7. The van der Waals surface area contributed by atoms with E-state index in [4.69, 9.17) is 0 Å². The molecule has 0 radical (unpaired) electrons. The molecule has 0 spiro atoms. The Morgan fingerprint density at radius 2 is 1.91 bits per heavy atom. The third-order valence-electron chi connectivity index (χ3n) is 3.38. The first kappa shape index (κ1) is 16.8. The van der Waals surface area contributed by atoms with E-state index >= 15 is 0 Å². The highest BCUT2D eigenvalue weighted by atomic mass is 127. The lowest BCUT2D eigenvalue weighted by Gasteiger charge is -2.10. The van der Waals surface area contributed by atoms with Crippen molar-refractivity contribution in [3.8, 4) is 0 Å². The fourth-order valence-electron chi connectivity index (χ4n) is 2.25. The van der Waals surface area contributed by atoms with Gasteiger partial charge in [-0.05, 0) is 58.5 Å². The van der Waals surface area contributed by atoms with Crippen molar-refractivity contribution < 1.29 is 8.42 Å². The summed E-state index contributed by atoms with van der Waals surface area (Å²) in [5.41, 5.74) is 1.74. The molecular formula is C16H12BrIN2O2S. The summed E-state index contributed by atoms with van der Waals surface area (Å²) in [6, 6.07) is 14.6. The van der Waals surface area contributed by atoms with E-state index in [1.165, 1.54) is 0 Å². The Morgan fingerprint density at radius 3 is 2.70 bits per heavy atom. The zero-order chi connectivity index (χ0) is 16.4. The molecule has 0 fully saturated rings. The molecule has 0 amide bonds. The molecule has 1 heterocycles. The Kier molecular flexibility index (Phi) is 5.00. The lowest BCUT2D eigenvalue weighted by atomic mass is 10.1. The van der Waals surface area contributed by atoms with E-state index in [1.807, 2.05) is 52.9 Å². The SMILES string of the molecule is O=S(=O)(NCc1ccnc2ccccc12)c1ccc(Br)cc1I. The molecule has 2 aromatic carbocycles. The van der Waals surface area contributed by atoms with E-state index in [2.05, 4.69) is 25.6 Å². The number of pyridine rings is 1. The van der Waals surface area contributed by atoms with Crippen molar-refractivity contribution in [1.29, 1.82) is 0 Å². The number of nitrogens with zero attached hydrogens (tertiary/aromatic N) is 1. The highest BCUT2D eigenvalue weighted by Gasteiger charge is 2.17. The summed E-state index contributed by atoms with van der Waals surface area (Å²) < 4.78 is 29.2. The zero-order valence-electron chi connectivity index (χ0n) is 11.8. The molecule has 4 nitrogen and oxygen atoms in total. The molecule has 0 unspecified atom stereocenters. The topological polar surface area (TPSA) is 59.1 Å². The number of sulfonamides is 1. The Bertz CT molecular complexity index is 971. The number of benzene rings is 2. The van der Waals surface area contributed by atoms with Gasteiger partial charge in [0, 0.05) is 26.2 Å². The van der Waals surface area contributed by atoms with Gasteiger partial charge in [0.05, 0.1) is 10.4 Å². The van der Waals surface area contributed by atoms with Gasteiger partial charge in [-0.1, -0.05) is 34.1 Å². The fraction of sp³-hybridized carbons (Fsp3) is 0.0625. The second-order valence-electron chi connectivity index (χ2n) is 4.89. The van der Waals surface area contributed by atoms with Crippen LogP contribution in [-0.2, 0) is 16.6 Å². The van der Waals surface area contributed by atoms with Crippen molar-refractivity contribution in [3.05, 3.63) is 68.3 Å². The number of halogens is 2. The predicted molar refractivity (Wildman–Crippen MR) is 103 cm³/mol. The Labute approximate surface area is 156 Å². The minimum atomic E-state index is -3.57. The highest BCUT2D eigenvalue weighted by Crippen LogP contribution is 2.23. The number of aromatic nitrogens is 1. The molecular weight excluding hydrogens is 491 g/mol. The maximum atomic E-state index is 12.5. The Hall–Kier alpha value is -1.03. The van der Waals surface area contributed by atoms with Crippen molar-refractivity contribution >= 4 is 59.4 Å². The quantitative estimate of drug-likeness (QED) is 0.547. The first-order valence-electron chi connectivity index (χ1n) is 6.75. The van der Waals surface area contributed by atoms with Crippen molar-refractivity contribution in [2.24, 2.45) is 0 Å². The van der Waals surface area contributed by atoms with Crippen LogP contribution < -0.4 is 4.72 Å². The van der Waals surface area contributed by atoms with Gasteiger partial charge in [0.2, 0.25) is 10.0 Å². The van der Waals surface area contributed by atoms with Crippen molar-refractivity contribution in [2.75, 3.05) is 0 Å². The second kappa shape index (κ2) is 6.84. The molecule has 3 rings (SSSR count). The van der Waals surface area contributed by atoms with E-state index in [9.17, 15) is 8.42 Å². The number of fused-ring (bicyclic) bond motifs is 1. The van der Waals surface area contributed by atoms with Crippen LogP contribution in [0, 0.1) is 3.57 Å². The summed E-state index contributed by atoms with van der Waals surface area (Å²) >= 11 is 5.36. The number of rotatable bonds is 4. The number of para-hydroxylation sites is 1. The van der Waals surface area contributed by atoms with Gasteiger partial charge in [0.15, 0.2) is 0 Å². The van der Waals surface area contributed by atoms with Crippen LogP contribution in [0.5, 0.6) is 0 Å². The number of hydrogen-bond acceptors (Lipinski definition) is 3. The molecule has 0 aliphatic heterocycles. The maximum Gasteiger partial charge on any atom is 0.241 e. The minimum Gasteiger partial charge on any atom is -0.256 e. The lowest BCUT2D eigenvalue weighted by Crippen LogP contribution is -2.24. The van der Waals surface area contributed by atoms with E-state index < -0.39 is 10.0 Å². The van der Waals surface area contributed by atoms with Crippen LogP contribution in [-0.4, -0.2) is 13.4 Å². The van der Waals surface area contributed by atoms with Gasteiger partial charge in [-0.15, -0.1) is 0 Å². The average molecular weight is 503 g/mol. The van der Waals surface area contributed by atoms with E-state index in [1.54, 1.807) is 24.4 Å². The largest absolute Gasteiger partial charge is 0.256 e. The summed E-state index contributed by atoms with van der Waals surface area (Å²) in [6.45, 7) is 0.220. The average Bonchev–Trinajstić information content (AvgIpc) is 2.52. The van der Waals surface area contributed by atoms with Crippen molar-refractivity contribution in [3.63, 3.8) is 0 Å². The van der Waals surface area contributed by atoms with Crippen molar-refractivity contribution in [1.82, 2.24) is 9.71 Å². The Balaban J connectivity index is 1.89. The van der Waals surface area contributed by atoms with E-state index in [0.29, 0.717) is 3.57 Å². The van der Waals surface area contributed by atoms with Gasteiger partial charge in [-0.25, -0.2) is 13.1 Å². The molecule has 0 atom stereocenters. The molecule has 0 aliphatic carbocycles. The molecule has 0 saturated heterocycles. The summed E-state index contributed by atoms with van der Waals surface area (Å²) in [5, 5.41) is 0.947. The summed E-state index contributed by atoms with van der Waals surface area (Å²) in [7, 11) is -3.57. The number of nitrogens with one attached hydrogen (secondary N) is 1. The van der Waals surface area contributed by atoms with Crippen LogP contribution >= 0.6 is 38.5 Å². The van der Waals surface area contributed by atoms with Gasteiger partial charge in [0.25, 0.3) is 0 Å². The molecule has 118 valence electrons. The third kappa shape index (κ3) is 3.73. The smallest absolute Gasteiger partial charge is 0.241 e. The molecule has 1 aromatic heterocycles. The number of hydrogen-bond donors (Lipinski definition) is 1. The molecule has 0 saturated carbocycles. The first-order chi connectivity index (χ1) is 11.0. The van der Waals surface area contributed by atoms with Gasteiger partial charge >= 0.3 is 0 Å². The van der Waals surface area contributed by atoms with Crippen molar-refractivity contribution in [2.45, 2.75) is 11.4 Å². The second-order valence-corrected chi connectivity index (χ2v) is 8.70. The Morgan fingerprint density at radius 1 is 1.13 bits per heavy atom.